The number of furan rings is 1. The molecule has 0 saturated heterocycles. The Morgan fingerprint density at radius 1 is 1.25 bits per heavy atom. The molecule has 0 aliphatic carbocycles. The molecule has 1 aromatic carbocycles. The van der Waals surface area contributed by atoms with E-state index in [1.54, 1.807) is 25.3 Å². The molecule has 0 bridgehead atoms. The largest absolute Gasteiger partial charge is 0.463 e. The number of carbonyl (C=O) groups excluding carboxylic acids is 1. The van der Waals surface area contributed by atoms with Crippen molar-refractivity contribution in [2.45, 2.75) is 12.7 Å². The van der Waals surface area contributed by atoms with Crippen molar-refractivity contribution >= 4 is 32.5 Å². The highest BCUT2D eigenvalue weighted by atomic mass is 33.1. The van der Waals surface area contributed by atoms with Crippen LogP contribution < -0.4 is 5.43 Å². The quantitative estimate of drug-likeness (QED) is 0.508. The number of hydrogen-bond donors (Lipinski definition) is 1. The molecular weight excluding hydrogens is 292 g/mol. The molecule has 2 aromatic rings. The fraction of sp³-hybridized carbons (Fsp3) is 0.143. The predicted octanol–water partition coefficient (Wildman–Crippen LogP) is 4.29. The second-order valence-corrected chi connectivity index (χ2v) is 6.17. The Kier molecular flexibility index (Phi) is 5.76. The smallest absolute Gasteiger partial charge is 0.309 e. The predicted molar refractivity (Wildman–Crippen MR) is 84.8 cm³/mol. The monoisotopic (exact) mass is 306 g/mol. The first-order valence-electron chi connectivity index (χ1n) is 5.97. The lowest BCUT2D eigenvalue weighted by atomic mass is 10.2. The van der Waals surface area contributed by atoms with Crippen molar-refractivity contribution in [3.05, 3.63) is 60.1 Å². The molecule has 0 fully saturated rings. The summed E-state index contributed by atoms with van der Waals surface area (Å²) in [5, 5.41) is 3.78. The van der Waals surface area contributed by atoms with Gasteiger partial charge in [0, 0.05) is 16.5 Å². The van der Waals surface area contributed by atoms with Crippen LogP contribution in [-0.2, 0) is 5.75 Å². The summed E-state index contributed by atoms with van der Waals surface area (Å²) in [6, 6.07) is 13.6. The molecule has 6 heteroatoms. The summed E-state index contributed by atoms with van der Waals surface area (Å²) >= 11 is 0. The van der Waals surface area contributed by atoms with Gasteiger partial charge in [-0.15, -0.1) is 0 Å². The van der Waals surface area contributed by atoms with E-state index in [4.69, 9.17) is 4.42 Å². The van der Waals surface area contributed by atoms with E-state index < -0.39 is 0 Å². The van der Waals surface area contributed by atoms with Gasteiger partial charge in [0.2, 0.25) is 0 Å². The number of benzene rings is 1. The first-order valence-corrected chi connectivity index (χ1v) is 8.29. The van der Waals surface area contributed by atoms with Gasteiger partial charge in [-0.1, -0.05) is 41.1 Å². The Hall–Kier alpha value is -1.66. The van der Waals surface area contributed by atoms with E-state index in [9.17, 15) is 4.79 Å². The minimum absolute atomic E-state index is 0.197. The van der Waals surface area contributed by atoms with Gasteiger partial charge in [0.1, 0.15) is 11.5 Å². The van der Waals surface area contributed by atoms with Crippen LogP contribution in [0.1, 0.15) is 18.2 Å². The molecule has 0 saturated carbocycles. The van der Waals surface area contributed by atoms with Gasteiger partial charge in [-0.05, 0) is 24.6 Å². The van der Waals surface area contributed by atoms with E-state index in [1.807, 2.05) is 30.3 Å². The second-order valence-electron chi connectivity index (χ2n) is 3.90. The molecule has 1 amide bonds. The topological polar surface area (TPSA) is 54.6 Å². The van der Waals surface area contributed by atoms with Crippen LogP contribution in [0.25, 0.3) is 0 Å². The molecular formula is C14H14N2O2S2. The zero-order valence-electron chi connectivity index (χ0n) is 10.9. The number of carbonyl (C=O) groups is 1. The van der Waals surface area contributed by atoms with Gasteiger partial charge in [-0.3, -0.25) is 4.79 Å². The van der Waals surface area contributed by atoms with E-state index in [1.165, 1.54) is 16.4 Å². The minimum atomic E-state index is -0.197. The van der Waals surface area contributed by atoms with Gasteiger partial charge in [0.05, 0.1) is 6.26 Å². The fourth-order valence-electron chi connectivity index (χ4n) is 1.41. The molecule has 1 aromatic heterocycles. The minimum Gasteiger partial charge on any atom is -0.463 e. The van der Waals surface area contributed by atoms with Crippen molar-refractivity contribution in [3.63, 3.8) is 0 Å². The molecule has 0 atom stereocenters. The molecule has 0 spiro atoms. The highest BCUT2D eigenvalue weighted by molar-refractivity contribution is 8.81. The average Bonchev–Trinajstić information content (AvgIpc) is 3.00. The Balaban J connectivity index is 1.72. The van der Waals surface area contributed by atoms with Crippen molar-refractivity contribution < 1.29 is 9.21 Å². The SMILES string of the molecule is C/C(=N\NC(=O)SSCc1ccccc1)c1ccco1. The number of hydrogen-bond acceptors (Lipinski definition) is 5. The standard InChI is InChI=1S/C14H14N2O2S2/c1-11(13-8-5-9-18-13)15-16-14(17)20-19-10-12-6-3-2-4-7-12/h2-9H,10H2,1H3,(H,16,17)/b15-11+. The van der Waals surface area contributed by atoms with Crippen molar-refractivity contribution in [2.75, 3.05) is 0 Å². The maximum atomic E-state index is 11.6. The molecule has 20 heavy (non-hydrogen) atoms. The number of nitrogens with one attached hydrogen (secondary N) is 1. The molecule has 104 valence electrons. The zero-order chi connectivity index (χ0) is 14.2. The third kappa shape index (κ3) is 4.79. The number of hydrazone groups is 1. The lowest BCUT2D eigenvalue weighted by Gasteiger charge is -2.01. The van der Waals surface area contributed by atoms with Crippen LogP contribution in [0.5, 0.6) is 0 Å². The summed E-state index contributed by atoms with van der Waals surface area (Å²) in [6.45, 7) is 1.78. The molecule has 0 aliphatic rings. The first kappa shape index (κ1) is 14.7. The van der Waals surface area contributed by atoms with Gasteiger partial charge in [-0.2, -0.15) is 5.10 Å². The van der Waals surface area contributed by atoms with Crippen molar-refractivity contribution in [3.8, 4) is 0 Å². The van der Waals surface area contributed by atoms with E-state index in [-0.39, 0.29) is 5.24 Å². The summed E-state index contributed by atoms with van der Waals surface area (Å²) in [4.78, 5) is 11.6. The van der Waals surface area contributed by atoms with Crippen LogP contribution >= 0.6 is 21.6 Å². The van der Waals surface area contributed by atoms with Crippen LogP contribution in [0.4, 0.5) is 4.79 Å². The molecule has 1 heterocycles. The van der Waals surface area contributed by atoms with Crippen LogP contribution in [0.3, 0.4) is 0 Å². The highest BCUT2D eigenvalue weighted by Crippen LogP contribution is 2.26. The fourth-order valence-corrected chi connectivity index (χ4v) is 3.01. The van der Waals surface area contributed by atoms with E-state index in [2.05, 4.69) is 10.5 Å². The first-order chi connectivity index (χ1) is 9.75. The third-order valence-corrected chi connectivity index (χ3v) is 4.37. The summed E-state index contributed by atoms with van der Waals surface area (Å²) in [5.74, 6) is 1.42. The Morgan fingerprint density at radius 2 is 2.05 bits per heavy atom. The lowest BCUT2D eigenvalue weighted by molar-refractivity contribution is 0.261. The second kappa shape index (κ2) is 7.81. The van der Waals surface area contributed by atoms with E-state index in [0.717, 1.165) is 16.5 Å². The van der Waals surface area contributed by atoms with Crippen molar-refractivity contribution in [2.24, 2.45) is 5.10 Å². The van der Waals surface area contributed by atoms with Gasteiger partial charge in [-0.25, -0.2) is 5.43 Å². The van der Waals surface area contributed by atoms with Crippen LogP contribution in [-0.4, -0.2) is 11.0 Å². The molecule has 0 unspecified atom stereocenters. The van der Waals surface area contributed by atoms with Gasteiger partial charge in [0.15, 0.2) is 0 Å². The maximum absolute atomic E-state index is 11.6. The Bertz CT molecular complexity index is 568. The molecule has 0 radical (unpaired) electrons. The highest BCUT2D eigenvalue weighted by Gasteiger charge is 2.04. The van der Waals surface area contributed by atoms with Gasteiger partial charge >= 0.3 is 5.24 Å². The van der Waals surface area contributed by atoms with Crippen molar-refractivity contribution in [1.29, 1.82) is 0 Å². The lowest BCUT2D eigenvalue weighted by Crippen LogP contribution is -2.13. The van der Waals surface area contributed by atoms with E-state index >= 15 is 0 Å². The maximum Gasteiger partial charge on any atom is 0.309 e. The van der Waals surface area contributed by atoms with Gasteiger partial charge < -0.3 is 4.42 Å². The summed E-state index contributed by atoms with van der Waals surface area (Å²) in [5.41, 5.74) is 4.31. The van der Waals surface area contributed by atoms with Crippen molar-refractivity contribution in [1.82, 2.24) is 5.43 Å². The summed E-state index contributed by atoms with van der Waals surface area (Å²) < 4.78 is 5.17. The molecule has 0 aliphatic heterocycles. The Labute approximate surface area is 125 Å². The summed E-state index contributed by atoms with van der Waals surface area (Å²) in [6.07, 6.45) is 1.57. The van der Waals surface area contributed by atoms with Gasteiger partial charge in [0.25, 0.3) is 0 Å². The Morgan fingerprint density at radius 3 is 2.75 bits per heavy atom. The molecule has 4 nitrogen and oxygen atoms in total. The average molecular weight is 306 g/mol. The van der Waals surface area contributed by atoms with Crippen LogP contribution in [0.2, 0.25) is 0 Å². The third-order valence-electron chi connectivity index (χ3n) is 2.40. The van der Waals surface area contributed by atoms with Crippen LogP contribution in [0, 0.1) is 0 Å². The molecule has 1 N–H and O–H groups in total. The number of amides is 1. The normalized spacial score (nSPS) is 11.3. The van der Waals surface area contributed by atoms with E-state index in [0.29, 0.717) is 11.5 Å². The number of rotatable bonds is 5. The van der Waals surface area contributed by atoms with Crippen LogP contribution in [0.15, 0.2) is 58.2 Å². The number of nitrogens with zero attached hydrogens (tertiary/aromatic N) is 1. The summed E-state index contributed by atoms with van der Waals surface area (Å²) in [7, 11) is 2.61. The molecule has 2 rings (SSSR count). The zero-order valence-corrected chi connectivity index (χ0v) is 12.5.